The molecule has 0 saturated carbocycles. The van der Waals surface area contributed by atoms with E-state index >= 15 is 0 Å². The Bertz CT molecular complexity index is 650. The average molecular weight is 334 g/mol. The summed E-state index contributed by atoms with van der Waals surface area (Å²) in [7, 11) is -4.31. The summed E-state index contributed by atoms with van der Waals surface area (Å²) in [5.74, 6) is -2.21. The van der Waals surface area contributed by atoms with Crippen LogP contribution in [0.3, 0.4) is 0 Å². The first-order valence-electron chi connectivity index (χ1n) is 6.25. The topological polar surface area (TPSA) is 87.6 Å². The van der Waals surface area contributed by atoms with Gasteiger partial charge >= 0.3 is 5.97 Å². The Kier molecular flexibility index (Phi) is 4.54. The van der Waals surface area contributed by atoms with Gasteiger partial charge in [0.05, 0.1) is 5.37 Å². The van der Waals surface area contributed by atoms with Crippen molar-refractivity contribution in [2.75, 3.05) is 5.75 Å². The first kappa shape index (κ1) is 16.2. The van der Waals surface area contributed by atoms with Crippen LogP contribution in [0.25, 0.3) is 0 Å². The predicted octanol–water partition coefficient (Wildman–Crippen LogP) is 1.39. The van der Waals surface area contributed by atoms with Crippen molar-refractivity contribution in [3.8, 4) is 0 Å². The number of carbonyl (C=O) groups is 1. The summed E-state index contributed by atoms with van der Waals surface area (Å²) >= 11 is 1.24. The zero-order chi connectivity index (χ0) is 15.8. The van der Waals surface area contributed by atoms with Gasteiger partial charge in [-0.15, -0.1) is 11.8 Å². The number of sulfonamides is 1. The third-order valence-corrected chi connectivity index (χ3v) is 6.67. The van der Waals surface area contributed by atoms with Crippen molar-refractivity contribution in [2.24, 2.45) is 5.92 Å². The largest absolute Gasteiger partial charge is 0.480 e. The summed E-state index contributed by atoms with van der Waals surface area (Å²) in [6, 6.07) is 1.05. The molecule has 2 atom stereocenters. The minimum Gasteiger partial charge on any atom is -0.480 e. The molecule has 6 nitrogen and oxygen atoms in total. The monoisotopic (exact) mass is 334 g/mol. The zero-order valence-electron chi connectivity index (χ0n) is 11.4. The van der Waals surface area contributed by atoms with Crippen LogP contribution in [0.5, 0.6) is 0 Å². The summed E-state index contributed by atoms with van der Waals surface area (Å²) in [6.07, 6.45) is 1.17. The third-order valence-electron chi connectivity index (χ3n) is 3.08. The predicted molar refractivity (Wildman–Crippen MR) is 75.7 cm³/mol. The van der Waals surface area contributed by atoms with Crippen molar-refractivity contribution >= 4 is 27.8 Å². The molecule has 1 N–H and O–H groups in total. The van der Waals surface area contributed by atoms with Crippen molar-refractivity contribution in [3.63, 3.8) is 0 Å². The Morgan fingerprint density at radius 1 is 1.57 bits per heavy atom. The minimum atomic E-state index is -4.31. The van der Waals surface area contributed by atoms with Gasteiger partial charge in [0.2, 0.25) is 5.03 Å². The van der Waals surface area contributed by atoms with E-state index in [1.165, 1.54) is 24.0 Å². The molecular weight excluding hydrogens is 319 g/mol. The zero-order valence-corrected chi connectivity index (χ0v) is 13.1. The van der Waals surface area contributed by atoms with E-state index in [-0.39, 0.29) is 11.7 Å². The van der Waals surface area contributed by atoms with Crippen LogP contribution >= 0.6 is 11.8 Å². The number of hydrogen-bond acceptors (Lipinski definition) is 5. The van der Waals surface area contributed by atoms with E-state index in [9.17, 15) is 22.7 Å². The van der Waals surface area contributed by atoms with Gasteiger partial charge in [0.15, 0.2) is 5.82 Å². The van der Waals surface area contributed by atoms with E-state index in [4.69, 9.17) is 0 Å². The first-order chi connectivity index (χ1) is 9.76. The van der Waals surface area contributed by atoms with Crippen LogP contribution in [0.2, 0.25) is 0 Å². The highest BCUT2D eigenvalue weighted by atomic mass is 32.2. The molecule has 2 unspecified atom stereocenters. The number of aromatic nitrogens is 1. The number of carboxylic acid groups (broad SMARTS) is 1. The van der Waals surface area contributed by atoms with Gasteiger partial charge in [-0.1, -0.05) is 13.8 Å². The summed E-state index contributed by atoms with van der Waals surface area (Å²) in [4.78, 5) is 14.9. The molecule has 116 valence electrons. The van der Waals surface area contributed by atoms with Crippen LogP contribution in [0.1, 0.15) is 13.8 Å². The third kappa shape index (κ3) is 2.90. The molecule has 1 aliphatic heterocycles. The van der Waals surface area contributed by atoms with Gasteiger partial charge in [0.25, 0.3) is 10.0 Å². The fourth-order valence-corrected chi connectivity index (χ4v) is 5.85. The van der Waals surface area contributed by atoms with Crippen LogP contribution in [0.4, 0.5) is 4.39 Å². The van der Waals surface area contributed by atoms with Gasteiger partial charge in [-0.05, 0) is 18.1 Å². The molecule has 1 aromatic heterocycles. The quantitative estimate of drug-likeness (QED) is 0.895. The lowest BCUT2D eigenvalue weighted by molar-refractivity contribution is -0.140. The number of thioether (sulfide) groups is 1. The Hall–Kier alpha value is -1.19. The van der Waals surface area contributed by atoms with Gasteiger partial charge in [0.1, 0.15) is 6.04 Å². The second-order valence-corrected chi connectivity index (χ2v) is 7.86. The van der Waals surface area contributed by atoms with Crippen LogP contribution < -0.4 is 0 Å². The number of hydrogen-bond donors (Lipinski definition) is 1. The summed E-state index contributed by atoms with van der Waals surface area (Å²) in [5.41, 5.74) is 0. The van der Waals surface area contributed by atoms with Gasteiger partial charge in [-0.25, -0.2) is 17.8 Å². The molecule has 21 heavy (non-hydrogen) atoms. The van der Waals surface area contributed by atoms with E-state index < -0.39 is 38.3 Å². The van der Waals surface area contributed by atoms with Gasteiger partial charge < -0.3 is 5.11 Å². The van der Waals surface area contributed by atoms with Crippen molar-refractivity contribution < 1.29 is 22.7 Å². The van der Waals surface area contributed by atoms with Crippen LogP contribution in [-0.2, 0) is 14.8 Å². The van der Waals surface area contributed by atoms with Crippen molar-refractivity contribution in [1.29, 1.82) is 0 Å². The molecule has 1 fully saturated rings. The van der Waals surface area contributed by atoms with Crippen LogP contribution in [-0.4, -0.2) is 46.0 Å². The molecule has 2 heterocycles. The highest BCUT2D eigenvalue weighted by Gasteiger charge is 2.48. The molecule has 0 aliphatic carbocycles. The van der Waals surface area contributed by atoms with E-state index in [0.717, 1.165) is 10.4 Å². The van der Waals surface area contributed by atoms with E-state index in [1.807, 2.05) is 0 Å². The highest BCUT2D eigenvalue weighted by Crippen LogP contribution is 2.38. The molecule has 2 rings (SSSR count). The molecular formula is C12H15FN2O4S2. The molecule has 1 aliphatic rings. The molecule has 9 heteroatoms. The lowest BCUT2D eigenvalue weighted by Gasteiger charge is -2.28. The van der Waals surface area contributed by atoms with Gasteiger partial charge in [-0.2, -0.15) is 4.31 Å². The second-order valence-electron chi connectivity index (χ2n) is 4.95. The number of aliphatic carboxylic acids is 1. The maximum atomic E-state index is 13.8. The molecule has 0 radical (unpaired) electrons. The molecule has 0 aromatic carbocycles. The van der Waals surface area contributed by atoms with E-state index in [0.29, 0.717) is 0 Å². The molecule has 1 aromatic rings. The summed E-state index contributed by atoms with van der Waals surface area (Å²) in [5, 5.41) is 7.94. The van der Waals surface area contributed by atoms with E-state index in [2.05, 4.69) is 4.98 Å². The standard InChI is InChI=1S/C12H15FN2O4S2/c1-7(2)11-15(9(6-20-11)12(16)17)21(18,19)10-8(13)4-3-5-14-10/h3-5,7,9,11H,6H2,1-2H3,(H,16,17). The summed E-state index contributed by atoms with van der Waals surface area (Å²) < 4.78 is 39.9. The molecule has 1 saturated heterocycles. The Balaban J connectivity index is 2.53. The number of carboxylic acids is 1. The SMILES string of the molecule is CC(C)C1SCC(C(=O)O)N1S(=O)(=O)c1ncccc1F. The first-order valence-corrected chi connectivity index (χ1v) is 8.74. The fourth-order valence-electron chi connectivity index (χ4n) is 2.15. The molecule has 0 bridgehead atoms. The fraction of sp³-hybridized carbons (Fsp3) is 0.500. The minimum absolute atomic E-state index is 0.110. The Morgan fingerprint density at radius 3 is 2.76 bits per heavy atom. The Labute approximate surface area is 126 Å². The lowest BCUT2D eigenvalue weighted by atomic mass is 10.2. The maximum absolute atomic E-state index is 13.8. The van der Waals surface area contributed by atoms with Crippen LogP contribution in [0.15, 0.2) is 23.4 Å². The maximum Gasteiger partial charge on any atom is 0.322 e. The second kappa shape index (κ2) is 5.90. The number of nitrogens with zero attached hydrogens (tertiary/aromatic N) is 2. The van der Waals surface area contributed by atoms with E-state index in [1.54, 1.807) is 13.8 Å². The van der Waals surface area contributed by atoms with Gasteiger partial charge in [0, 0.05) is 11.9 Å². The van der Waals surface area contributed by atoms with Gasteiger partial charge in [-0.3, -0.25) is 4.79 Å². The smallest absolute Gasteiger partial charge is 0.322 e. The van der Waals surface area contributed by atoms with Crippen LogP contribution in [0, 0.1) is 11.7 Å². The molecule has 0 spiro atoms. The highest BCUT2D eigenvalue weighted by molar-refractivity contribution is 8.01. The van der Waals surface area contributed by atoms with Crippen molar-refractivity contribution in [3.05, 3.63) is 24.1 Å². The number of pyridine rings is 1. The summed E-state index contributed by atoms with van der Waals surface area (Å²) in [6.45, 7) is 3.58. The molecule has 0 amide bonds. The average Bonchev–Trinajstić information content (AvgIpc) is 2.84. The van der Waals surface area contributed by atoms with Crippen molar-refractivity contribution in [2.45, 2.75) is 30.3 Å². The Morgan fingerprint density at radius 2 is 2.24 bits per heavy atom. The number of halogens is 1. The number of rotatable bonds is 4. The van der Waals surface area contributed by atoms with Crippen molar-refractivity contribution in [1.82, 2.24) is 9.29 Å². The lowest BCUT2D eigenvalue weighted by Crippen LogP contribution is -2.47. The normalized spacial score (nSPS) is 23.6.